The normalized spacial score (nSPS) is 34.2. The summed E-state index contributed by atoms with van der Waals surface area (Å²) in [6.07, 6.45) is -4.90. The molecular weight excluding hydrogens is 451 g/mol. The Bertz CT molecular complexity index is 1180. The number of carbonyl (C=O) groups is 2. The van der Waals surface area contributed by atoms with Gasteiger partial charge >= 0.3 is 6.18 Å². The van der Waals surface area contributed by atoms with Gasteiger partial charge in [-0.2, -0.15) is 18.4 Å². The third-order valence-electron chi connectivity index (χ3n) is 6.73. The van der Waals surface area contributed by atoms with Crippen LogP contribution >= 0.6 is 0 Å². The van der Waals surface area contributed by atoms with E-state index in [0.29, 0.717) is 4.90 Å². The predicted molar refractivity (Wildman–Crippen MR) is 105 cm³/mol. The highest BCUT2D eigenvalue weighted by atomic mass is 32.2. The maximum atomic E-state index is 13.8. The number of sulfonamides is 1. The van der Waals surface area contributed by atoms with E-state index in [1.165, 1.54) is 26.0 Å². The van der Waals surface area contributed by atoms with Gasteiger partial charge in [-0.25, -0.2) is 18.0 Å². The number of nitrogens with one attached hydrogen (secondary N) is 1. The Labute approximate surface area is 182 Å². The van der Waals surface area contributed by atoms with Crippen LogP contribution in [0.2, 0.25) is 0 Å². The van der Waals surface area contributed by atoms with E-state index in [4.69, 9.17) is 10.00 Å². The maximum Gasteiger partial charge on any atom is 0.419 e. The van der Waals surface area contributed by atoms with Crippen molar-refractivity contribution in [3.8, 4) is 6.07 Å². The van der Waals surface area contributed by atoms with Gasteiger partial charge in [-0.1, -0.05) is 6.07 Å². The number of halogens is 3. The second-order valence-corrected chi connectivity index (χ2v) is 10.7. The highest BCUT2D eigenvalue weighted by molar-refractivity contribution is 7.89. The number of imide groups is 1. The van der Waals surface area contributed by atoms with E-state index in [1.807, 2.05) is 0 Å². The largest absolute Gasteiger partial charge is 0.419 e. The first-order valence-corrected chi connectivity index (χ1v) is 11.5. The number of fused-ring (bicyclic) bond motifs is 5. The van der Waals surface area contributed by atoms with Gasteiger partial charge in [0.1, 0.15) is 0 Å². The van der Waals surface area contributed by atoms with E-state index in [9.17, 15) is 31.2 Å². The van der Waals surface area contributed by atoms with Gasteiger partial charge in [0.25, 0.3) is 0 Å². The lowest BCUT2D eigenvalue weighted by Crippen LogP contribution is -2.56. The van der Waals surface area contributed by atoms with Crippen molar-refractivity contribution in [1.29, 1.82) is 5.26 Å². The topological polar surface area (TPSA) is 117 Å². The molecule has 1 N–H and O–H groups in total. The first-order valence-electron chi connectivity index (χ1n) is 9.88. The maximum absolute atomic E-state index is 13.8. The zero-order valence-corrected chi connectivity index (χ0v) is 18.2. The van der Waals surface area contributed by atoms with Crippen molar-refractivity contribution in [3.63, 3.8) is 0 Å². The van der Waals surface area contributed by atoms with Gasteiger partial charge in [-0.3, -0.25) is 9.59 Å². The molecule has 0 radical (unpaired) electrons. The van der Waals surface area contributed by atoms with Gasteiger partial charge in [0, 0.05) is 0 Å². The monoisotopic (exact) mass is 471 g/mol. The molecule has 12 heteroatoms. The molecule has 0 aromatic heterocycles. The molecule has 5 atom stereocenters. The Hall–Kier alpha value is -2.49. The summed E-state index contributed by atoms with van der Waals surface area (Å²) < 4.78 is 74.2. The van der Waals surface area contributed by atoms with Crippen LogP contribution in [-0.2, 0) is 30.5 Å². The number of benzene rings is 1. The number of ether oxygens (including phenoxy) is 1. The van der Waals surface area contributed by atoms with Crippen molar-refractivity contribution in [2.75, 3.05) is 10.7 Å². The molecule has 172 valence electrons. The molecule has 3 heterocycles. The van der Waals surface area contributed by atoms with E-state index in [0.717, 1.165) is 12.1 Å². The SMILES string of the molecule is CCS(=O)(=O)NC1CC2(C)OC1(C)C1C(=O)N(c3cccc(C#N)c3C(F)(F)F)C(=O)C12. The lowest BCUT2D eigenvalue weighted by molar-refractivity contribution is -0.137. The molecule has 5 unspecified atom stereocenters. The van der Waals surface area contributed by atoms with Crippen LogP contribution in [0.5, 0.6) is 0 Å². The summed E-state index contributed by atoms with van der Waals surface area (Å²) in [5.41, 5.74) is -5.45. The molecule has 3 fully saturated rings. The molecule has 3 saturated heterocycles. The summed E-state index contributed by atoms with van der Waals surface area (Å²) in [4.78, 5) is 27.2. The van der Waals surface area contributed by atoms with Crippen LogP contribution in [0.15, 0.2) is 18.2 Å². The quantitative estimate of drug-likeness (QED) is 0.671. The van der Waals surface area contributed by atoms with Crippen LogP contribution in [0.4, 0.5) is 18.9 Å². The fourth-order valence-corrected chi connectivity index (χ4v) is 6.29. The van der Waals surface area contributed by atoms with Gasteiger partial charge in [-0.15, -0.1) is 0 Å². The highest BCUT2D eigenvalue weighted by Gasteiger charge is 2.76. The molecule has 0 saturated carbocycles. The van der Waals surface area contributed by atoms with Crippen LogP contribution in [-0.4, -0.2) is 43.2 Å². The standard InChI is InChI=1S/C20H20F3N3O5S/c1-4-32(29,30)25-12-8-18(2)14-15(19(12,3)31-18)17(28)26(16(14)27)11-7-5-6-10(9-24)13(11)20(21,22)23/h5-7,12,14-15,25H,4,8H2,1-3H3. The summed E-state index contributed by atoms with van der Waals surface area (Å²) in [5.74, 6) is -4.23. The van der Waals surface area contributed by atoms with Crippen molar-refractivity contribution in [2.24, 2.45) is 11.8 Å². The zero-order valence-electron chi connectivity index (χ0n) is 17.4. The number of nitrogens with zero attached hydrogens (tertiary/aromatic N) is 2. The van der Waals surface area contributed by atoms with Crippen molar-refractivity contribution in [2.45, 2.75) is 50.6 Å². The molecule has 32 heavy (non-hydrogen) atoms. The Kier molecular flexibility index (Phi) is 4.79. The van der Waals surface area contributed by atoms with Gasteiger partial charge in [0.05, 0.1) is 57.7 Å². The summed E-state index contributed by atoms with van der Waals surface area (Å²) >= 11 is 0. The van der Waals surface area contributed by atoms with Crippen LogP contribution in [0, 0.1) is 23.2 Å². The molecule has 0 spiro atoms. The van der Waals surface area contributed by atoms with Gasteiger partial charge < -0.3 is 4.74 Å². The van der Waals surface area contributed by atoms with Crippen LogP contribution in [0.25, 0.3) is 0 Å². The van der Waals surface area contributed by atoms with Crippen molar-refractivity contribution >= 4 is 27.5 Å². The summed E-state index contributed by atoms with van der Waals surface area (Å²) in [7, 11) is -3.68. The smallest absolute Gasteiger partial charge is 0.366 e. The van der Waals surface area contributed by atoms with Crippen LogP contribution < -0.4 is 9.62 Å². The fraction of sp³-hybridized carbons (Fsp3) is 0.550. The predicted octanol–water partition coefficient (Wildman–Crippen LogP) is 1.94. The molecule has 1 aromatic carbocycles. The van der Waals surface area contributed by atoms with Crippen molar-refractivity contribution in [1.82, 2.24) is 4.72 Å². The van der Waals surface area contributed by atoms with E-state index >= 15 is 0 Å². The number of alkyl halides is 3. The summed E-state index contributed by atoms with van der Waals surface area (Å²) in [6, 6.07) is 3.74. The van der Waals surface area contributed by atoms with E-state index in [1.54, 1.807) is 6.92 Å². The Morgan fingerprint density at radius 3 is 2.44 bits per heavy atom. The first kappa shape index (κ1) is 22.7. The Morgan fingerprint density at radius 1 is 1.25 bits per heavy atom. The minimum Gasteiger partial charge on any atom is -0.366 e. The number of hydrogen-bond acceptors (Lipinski definition) is 6. The number of carbonyl (C=O) groups excluding carboxylic acids is 2. The number of amides is 2. The molecule has 3 aliphatic rings. The molecule has 3 aliphatic heterocycles. The third kappa shape index (κ3) is 2.98. The van der Waals surface area contributed by atoms with E-state index < -0.39 is 73.9 Å². The fourth-order valence-electron chi connectivity index (χ4n) is 5.37. The van der Waals surface area contributed by atoms with Gasteiger partial charge in [0.2, 0.25) is 21.8 Å². The Morgan fingerprint density at radius 2 is 1.88 bits per heavy atom. The average Bonchev–Trinajstić information content (AvgIpc) is 3.21. The van der Waals surface area contributed by atoms with Crippen molar-refractivity contribution in [3.05, 3.63) is 29.3 Å². The Balaban J connectivity index is 1.82. The van der Waals surface area contributed by atoms with Gasteiger partial charge in [-0.05, 0) is 39.3 Å². The molecule has 8 nitrogen and oxygen atoms in total. The molecule has 2 amide bonds. The second-order valence-electron chi connectivity index (χ2n) is 8.65. The highest BCUT2D eigenvalue weighted by Crippen LogP contribution is 2.61. The molecule has 1 aromatic rings. The lowest BCUT2D eigenvalue weighted by atomic mass is 9.67. The minimum absolute atomic E-state index is 0.0844. The third-order valence-corrected chi connectivity index (χ3v) is 8.13. The number of rotatable bonds is 4. The van der Waals surface area contributed by atoms with E-state index in [-0.39, 0.29) is 12.2 Å². The molecule has 4 rings (SSSR count). The van der Waals surface area contributed by atoms with Crippen LogP contribution in [0.1, 0.15) is 38.3 Å². The summed E-state index contributed by atoms with van der Waals surface area (Å²) in [6.45, 7) is 4.49. The molecule has 0 aliphatic carbocycles. The molecule has 2 bridgehead atoms. The average molecular weight is 471 g/mol. The second kappa shape index (κ2) is 6.76. The molecular formula is C20H20F3N3O5S. The number of nitriles is 1. The van der Waals surface area contributed by atoms with E-state index in [2.05, 4.69) is 4.72 Å². The minimum atomic E-state index is -4.98. The number of anilines is 1. The first-order chi connectivity index (χ1) is 14.7. The van der Waals surface area contributed by atoms with Crippen molar-refractivity contribution < 1.29 is 35.9 Å². The van der Waals surface area contributed by atoms with Gasteiger partial charge in [0.15, 0.2) is 0 Å². The van der Waals surface area contributed by atoms with Crippen LogP contribution in [0.3, 0.4) is 0 Å². The zero-order chi connectivity index (χ0) is 23.9. The summed E-state index contributed by atoms with van der Waals surface area (Å²) in [5, 5.41) is 9.16. The number of hydrogen-bond donors (Lipinski definition) is 1. The lowest BCUT2D eigenvalue weighted by Gasteiger charge is -2.35.